The van der Waals surface area contributed by atoms with E-state index in [0.717, 1.165) is 78.7 Å². The number of nitrogens with one attached hydrogen (secondary N) is 2. The van der Waals surface area contributed by atoms with Gasteiger partial charge >= 0.3 is 0 Å². The Balaban J connectivity index is 1.10. The highest BCUT2D eigenvalue weighted by atomic mass is 32.2. The number of fused-ring (bicyclic) bond motifs is 1. The van der Waals surface area contributed by atoms with Gasteiger partial charge < -0.3 is 20.1 Å². The molecular weight excluding hydrogens is 534 g/mol. The highest BCUT2D eigenvalue weighted by molar-refractivity contribution is 7.99. The van der Waals surface area contributed by atoms with Crippen LogP contribution in [0, 0.1) is 0 Å². The minimum atomic E-state index is -0.157. The van der Waals surface area contributed by atoms with E-state index < -0.39 is 0 Å². The first-order valence-corrected chi connectivity index (χ1v) is 15.0. The fraction of sp³-hybridized carbons (Fsp3) is 0.281. The van der Waals surface area contributed by atoms with E-state index in [4.69, 9.17) is 9.47 Å². The van der Waals surface area contributed by atoms with Gasteiger partial charge in [-0.05, 0) is 66.7 Å². The van der Waals surface area contributed by atoms with Crippen LogP contribution in [-0.2, 0) is 16.1 Å². The number of nitrogens with zero attached hydrogens (tertiary/aromatic N) is 3. The van der Waals surface area contributed by atoms with Crippen molar-refractivity contribution >= 4 is 45.8 Å². The van der Waals surface area contributed by atoms with E-state index in [1.807, 2.05) is 90.6 Å². The van der Waals surface area contributed by atoms with Gasteiger partial charge in [-0.3, -0.25) is 9.69 Å². The molecule has 0 radical (unpaired) electrons. The molecule has 4 aromatic rings. The molecule has 5 rings (SSSR count). The number of carbonyl (C=O) groups is 1. The Kier molecular flexibility index (Phi) is 10.6. The van der Waals surface area contributed by atoms with E-state index >= 15 is 0 Å². The van der Waals surface area contributed by atoms with Crippen molar-refractivity contribution < 1.29 is 14.3 Å². The van der Waals surface area contributed by atoms with Crippen molar-refractivity contribution in [1.82, 2.24) is 14.9 Å². The second-order valence-electron chi connectivity index (χ2n) is 9.65. The number of amides is 1. The second kappa shape index (κ2) is 15.2. The van der Waals surface area contributed by atoms with Crippen molar-refractivity contribution in [3.63, 3.8) is 0 Å². The largest absolute Gasteiger partial charge is 0.489 e. The monoisotopic (exact) mass is 569 g/mol. The third kappa shape index (κ3) is 9.04. The van der Waals surface area contributed by atoms with E-state index in [1.54, 1.807) is 6.08 Å². The van der Waals surface area contributed by atoms with E-state index in [1.165, 1.54) is 6.33 Å². The Morgan fingerprint density at radius 3 is 2.63 bits per heavy atom. The third-order valence-corrected chi connectivity index (χ3v) is 7.62. The third-order valence-electron chi connectivity index (χ3n) is 6.62. The zero-order chi connectivity index (χ0) is 28.1. The van der Waals surface area contributed by atoms with Crippen LogP contribution in [0.4, 0.5) is 17.2 Å². The maximum Gasteiger partial charge on any atom is 0.248 e. The molecular formula is C32H35N5O3S. The summed E-state index contributed by atoms with van der Waals surface area (Å²) in [6.45, 7) is 5.36. The van der Waals surface area contributed by atoms with Crippen LogP contribution in [0.5, 0.6) is 5.75 Å². The molecule has 1 amide bonds. The standard InChI is InChI=1S/C32H35N5O3S/c38-31(8-4-20-41-21-5-15-37-16-18-39-19-17-37)35-27-11-14-30-29(22-27)32(34-24-33-30)36-26-9-12-28(13-10-26)40-23-25-6-2-1-3-7-25/h1-4,6-14,22,24H,5,15-21,23H2,(H,35,38)(H,33,34,36)/b8-4+. The van der Waals surface area contributed by atoms with Gasteiger partial charge in [0.25, 0.3) is 0 Å². The van der Waals surface area contributed by atoms with Crippen molar-refractivity contribution in [2.45, 2.75) is 13.0 Å². The van der Waals surface area contributed by atoms with Crippen LogP contribution in [-0.4, -0.2) is 65.1 Å². The van der Waals surface area contributed by atoms with Crippen molar-refractivity contribution in [2.75, 3.05) is 55.0 Å². The van der Waals surface area contributed by atoms with Gasteiger partial charge in [0.15, 0.2) is 0 Å². The number of rotatable bonds is 13. The number of carbonyl (C=O) groups excluding carboxylic acids is 1. The number of benzene rings is 3. The fourth-order valence-corrected chi connectivity index (χ4v) is 5.18. The first-order valence-electron chi connectivity index (χ1n) is 13.9. The number of hydrogen-bond acceptors (Lipinski definition) is 8. The minimum absolute atomic E-state index is 0.157. The lowest BCUT2D eigenvalue weighted by Gasteiger charge is -2.26. The molecule has 0 saturated carbocycles. The summed E-state index contributed by atoms with van der Waals surface area (Å²) >= 11 is 1.84. The highest BCUT2D eigenvalue weighted by Crippen LogP contribution is 2.27. The highest BCUT2D eigenvalue weighted by Gasteiger charge is 2.09. The molecule has 1 aromatic heterocycles. The van der Waals surface area contributed by atoms with Gasteiger partial charge in [0, 0.05) is 41.7 Å². The van der Waals surface area contributed by atoms with E-state index in [0.29, 0.717) is 18.1 Å². The number of thioether (sulfide) groups is 1. The molecule has 0 atom stereocenters. The molecule has 212 valence electrons. The molecule has 9 heteroatoms. The molecule has 2 heterocycles. The van der Waals surface area contributed by atoms with Crippen LogP contribution >= 0.6 is 11.8 Å². The fourth-order valence-electron chi connectivity index (χ4n) is 4.45. The van der Waals surface area contributed by atoms with E-state index in [-0.39, 0.29) is 5.91 Å². The summed E-state index contributed by atoms with van der Waals surface area (Å²) in [6, 6.07) is 23.4. The van der Waals surface area contributed by atoms with Gasteiger partial charge in [-0.15, -0.1) is 0 Å². The van der Waals surface area contributed by atoms with Crippen molar-refractivity contribution in [3.8, 4) is 5.75 Å². The summed E-state index contributed by atoms with van der Waals surface area (Å²) in [5.74, 6) is 3.18. The summed E-state index contributed by atoms with van der Waals surface area (Å²) in [5, 5.41) is 7.13. The molecule has 41 heavy (non-hydrogen) atoms. The lowest BCUT2D eigenvalue weighted by atomic mass is 10.2. The Morgan fingerprint density at radius 2 is 1.80 bits per heavy atom. The molecule has 1 aliphatic rings. The number of anilines is 3. The number of ether oxygens (including phenoxy) is 2. The maximum atomic E-state index is 12.5. The predicted octanol–water partition coefficient (Wildman–Crippen LogP) is 5.90. The average molecular weight is 570 g/mol. The van der Waals surface area contributed by atoms with Crippen LogP contribution in [0.2, 0.25) is 0 Å². The molecule has 0 unspecified atom stereocenters. The van der Waals surface area contributed by atoms with Gasteiger partial charge in [-0.1, -0.05) is 36.4 Å². The van der Waals surface area contributed by atoms with Gasteiger partial charge in [0.2, 0.25) is 5.91 Å². The quantitative estimate of drug-likeness (QED) is 0.152. The Morgan fingerprint density at radius 1 is 1.00 bits per heavy atom. The molecule has 1 saturated heterocycles. The average Bonchev–Trinajstić information content (AvgIpc) is 3.01. The van der Waals surface area contributed by atoms with Crippen molar-refractivity contribution in [2.24, 2.45) is 0 Å². The molecule has 0 aliphatic carbocycles. The zero-order valence-corrected chi connectivity index (χ0v) is 23.8. The Bertz CT molecular complexity index is 1430. The predicted molar refractivity (Wildman–Crippen MR) is 167 cm³/mol. The van der Waals surface area contributed by atoms with Gasteiger partial charge in [-0.2, -0.15) is 11.8 Å². The maximum absolute atomic E-state index is 12.5. The normalized spacial score (nSPS) is 13.9. The lowest BCUT2D eigenvalue weighted by Crippen LogP contribution is -2.36. The number of aromatic nitrogens is 2. The molecule has 0 bridgehead atoms. The summed E-state index contributed by atoms with van der Waals surface area (Å²) in [7, 11) is 0. The van der Waals surface area contributed by atoms with E-state index in [2.05, 4.69) is 25.5 Å². The van der Waals surface area contributed by atoms with Crippen LogP contribution < -0.4 is 15.4 Å². The molecule has 1 fully saturated rings. The SMILES string of the molecule is O=C(/C=C/CSCCCN1CCOCC1)Nc1ccc2ncnc(Nc3ccc(OCc4ccccc4)cc3)c2c1. The summed E-state index contributed by atoms with van der Waals surface area (Å²) < 4.78 is 11.3. The first kappa shape index (κ1) is 28.6. The van der Waals surface area contributed by atoms with Gasteiger partial charge in [0.1, 0.15) is 24.5 Å². The van der Waals surface area contributed by atoms with Gasteiger partial charge in [-0.25, -0.2) is 9.97 Å². The molecule has 3 aromatic carbocycles. The molecule has 2 N–H and O–H groups in total. The zero-order valence-electron chi connectivity index (χ0n) is 23.0. The Labute approximate surface area is 245 Å². The Hall–Kier alpha value is -3.92. The second-order valence-corrected chi connectivity index (χ2v) is 10.8. The van der Waals surface area contributed by atoms with Crippen molar-refractivity contribution in [1.29, 1.82) is 0 Å². The summed E-state index contributed by atoms with van der Waals surface area (Å²) in [4.78, 5) is 23.8. The number of hydrogen-bond donors (Lipinski definition) is 2. The van der Waals surface area contributed by atoms with Crippen LogP contribution in [0.1, 0.15) is 12.0 Å². The molecule has 8 nitrogen and oxygen atoms in total. The molecule has 0 spiro atoms. The summed E-state index contributed by atoms with van der Waals surface area (Å²) in [6.07, 6.45) is 6.19. The smallest absolute Gasteiger partial charge is 0.248 e. The first-order chi connectivity index (χ1) is 20.2. The van der Waals surface area contributed by atoms with Crippen LogP contribution in [0.3, 0.4) is 0 Å². The number of morpholine rings is 1. The van der Waals surface area contributed by atoms with Crippen LogP contribution in [0.15, 0.2) is 91.3 Å². The summed E-state index contributed by atoms with van der Waals surface area (Å²) in [5.41, 5.74) is 3.46. The lowest BCUT2D eigenvalue weighted by molar-refractivity contribution is -0.111. The van der Waals surface area contributed by atoms with E-state index in [9.17, 15) is 4.79 Å². The minimum Gasteiger partial charge on any atom is -0.489 e. The topological polar surface area (TPSA) is 88.6 Å². The molecule has 1 aliphatic heterocycles. The van der Waals surface area contributed by atoms with Crippen LogP contribution in [0.25, 0.3) is 10.9 Å². The van der Waals surface area contributed by atoms with Gasteiger partial charge in [0.05, 0.1) is 18.7 Å². The van der Waals surface area contributed by atoms with Crippen molar-refractivity contribution in [3.05, 3.63) is 96.8 Å².